The molecule has 8 heteroatoms. The van der Waals surface area contributed by atoms with E-state index in [1.165, 1.54) is 4.31 Å². The molecule has 1 fully saturated rings. The Kier molecular flexibility index (Phi) is 4.32. The smallest absolute Gasteiger partial charge is 0.243 e. The number of benzene rings is 1. The van der Waals surface area contributed by atoms with Gasteiger partial charge in [-0.15, -0.1) is 0 Å². The van der Waals surface area contributed by atoms with Crippen LogP contribution in [-0.2, 0) is 10.0 Å². The van der Waals surface area contributed by atoms with Gasteiger partial charge in [-0.05, 0) is 44.0 Å². The summed E-state index contributed by atoms with van der Waals surface area (Å²) in [6.45, 7) is 6.31. The summed E-state index contributed by atoms with van der Waals surface area (Å²) in [5.74, 6) is 0.825. The van der Waals surface area contributed by atoms with Gasteiger partial charge in [-0.3, -0.25) is 4.98 Å². The Labute approximate surface area is 158 Å². The topological polar surface area (TPSA) is 89.2 Å². The molecule has 1 aliphatic rings. The third-order valence-electron chi connectivity index (χ3n) is 4.76. The van der Waals surface area contributed by atoms with Gasteiger partial charge in [0.1, 0.15) is 0 Å². The molecule has 0 saturated carbocycles. The number of rotatable bonds is 4. The molecule has 0 atom stereocenters. The molecule has 0 aliphatic carbocycles. The Bertz CT molecular complexity index is 1060. The molecule has 0 unspecified atom stereocenters. The van der Waals surface area contributed by atoms with Crippen molar-refractivity contribution >= 4 is 10.0 Å². The highest BCUT2D eigenvalue weighted by Gasteiger charge is 2.41. The Balaban J connectivity index is 1.52. The number of pyridine rings is 1. The van der Waals surface area contributed by atoms with Crippen LogP contribution in [0.2, 0.25) is 0 Å². The molecular weight excluding hydrogens is 364 g/mol. The zero-order valence-corrected chi connectivity index (χ0v) is 16.2. The first-order valence-corrected chi connectivity index (χ1v) is 10.1. The molecule has 0 bridgehead atoms. The molecule has 0 N–H and O–H groups in total. The lowest BCUT2D eigenvalue weighted by Gasteiger charge is -2.36. The summed E-state index contributed by atoms with van der Waals surface area (Å²) in [5.41, 5.74) is 3.36. The van der Waals surface area contributed by atoms with Crippen molar-refractivity contribution in [3.05, 3.63) is 59.2 Å². The van der Waals surface area contributed by atoms with Crippen molar-refractivity contribution in [2.45, 2.75) is 31.6 Å². The number of aryl methyl sites for hydroxylation is 3. The first kappa shape index (κ1) is 17.8. The molecule has 140 valence electrons. The summed E-state index contributed by atoms with van der Waals surface area (Å²) < 4.78 is 32.9. The fourth-order valence-electron chi connectivity index (χ4n) is 3.51. The molecule has 3 aromatic rings. The molecule has 27 heavy (non-hydrogen) atoms. The van der Waals surface area contributed by atoms with Gasteiger partial charge in [-0.1, -0.05) is 22.9 Å². The lowest BCUT2D eigenvalue weighted by Crippen LogP contribution is -2.48. The maximum Gasteiger partial charge on any atom is 0.243 e. The molecule has 0 radical (unpaired) electrons. The predicted molar refractivity (Wildman–Crippen MR) is 99.7 cm³/mol. The van der Waals surface area contributed by atoms with Crippen LogP contribution in [0.5, 0.6) is 0 Å². The quantitative estimate of drug-likeness (QED) is 0.687. The SMILES string of the molecule is Cc1cc(C)c(S(=O)(=O)N2CC(c3nc(-c4cccnc4)no3)C2)c(C)c1. The van der Waals surface area contributed by atoms with Crippen LogP contribution < -0.4 is 0 Å². The van der Waals surface area contributed by atoms with E-state index in [1.807, 2.05) is 39.0 Å². The molecule has 1 aliphatic heterocycles. The Morgan fingerprint density at radius 2 is 1.85 bits per heavy atom. The van der Waals surface area contributed by atoms with E-state index in [-0.39, 0.29) is 5.92 Å². The summed E-state index contributed by atoms with van der Waals surface area (Å²) in [5, 5.41) is 3.98. The third kappa shape index (κ3) is 3.15. The molecule has 1 saturated heterocycles. The van der Waals surface area contributed by atoms with Crippen molar-refractivity contribution in [2.24, 2.45) is 0 Å². The van der Waals surface area contributed by atoms with Crippen LogP contribution in [0.25, 0.3) is 11.4 Å². The molecule has 0 spiro atoms. The Morgan fingerprint density at radius 1 is 1.15 bits per heavy atom. The monoisotopic (exact) mass is 384 g/mol. The minimum absolute atomic E-state index is 0.0937. The summed E-state index contributed by atoms with van der Waals surface area (Å²) in [7, 11) is -3.53. The maximum atomic E-state index is 13.0. The molecule has 7 nitrogen and oxygen atoms in total. The molecule has 0 amide bonds. The number of sulfonamides is 1. The number of nitrogens with zero attached hydrogens (tertiary/aromatic N) is 4. The summed E-state index contributed by atoms with van der Waals surface area (Å²) in [6, 6.07) is 7.45. The van der Waals surface area contributed by atoms with Crippen LogP contribution in [0.4, 0.5) is 0 Å². The van der Waals surface area contributed by atoms with E-state index in [9.17, 15) is 8.42 Å². The fraction of sp³-hybridized carbons (Fsp3) is 0.316. The third-order valence-corrected chi connectivity index (χ3v) is 6.90. The first-order valence-electron chi connectivity index (χ1n) is 8.68. The lowest BCUT2D eigenvalue weighted by atomic mass is 10.0. The predicted octanol–water partition coefficient (Wildman–Crippen LogP) is 2.84. The van der Waals surface area contributed by atoms with E-state index < -0.39 is 10.0 Å². The first-order chi connectivity index (χ1) is 12.9. The summed E-state index contributed by atoms with van der Waals surface area (Å²) in [6.07, 6.45) is 3.34. The van der Waals surface area contributed by atoms with Crippen LogP contribution in [0.3, 0.4) is 0 Å². The van der Waals surface area contributed by atoms with Crippen molar-refractivity contribution in [1.29, 1.82) is 0 Å². The van der Waals surface area contributed by atoms with Crippen molar-refractivity contribution < 1.29 is 12.9 Å². The molecule has 3 heterocycles. The van der Waals surface area contributed by atoms with Crippen molar-refractivity contribution in [3.63, 3.8) is 0 Å². The molecule has 4 rings (SSSR count). The summed E-state index contributed by atoms with van der Waals surface area (Å²) >= 11 is 0. The standard InChI is InChI=1S/C19H20N4O3S/c1-12-7-13(2)17(14(3)8-12)27(24,25)23-10-16(11-23)19-21-18(22-26-19)15-5-4-6-20-9-15/h4-9,16H,10-11H2,1-3H3. The van der Waals surface area contributed by atoms with Gasteiger partial charge in [0.15, 0.2) is 0 Å². The van der Waals surface area contributed by atoms with Crippen molar-refractivity contribution in [1.82, 2.24) is 19.4 Å². The normalized spacial score (nSPS) is 15.7. The van der Waals surface area contributed by atoms with Gasteiger partial charge in [0.25, 0.3) is 0 Å². The van der Waals surface area contributed by atoms with Gasteiger partial charge < -0.3 is 4.52 Å². The molecule has 2 aromatic heterocycles. The van der Waals surface area contributed by atoms with Gasteiger partial charge in [-0.25, -0.2) is 8.42 Å². The highest BCUT2D eigenvalue weighted by atomic mass is 32.2. The van der Waals surface area contributed by atoms with Gasteiger partial charge in [0.05, 0.1) is 10.8 Å². The van der Waals surface area contributed by atoms with E-state index in [4.69, 9.17) is 4.52 Å². The Hall–Kier alpha value is -2.58. The van der Waals surface area contributed by atoms with Crippen LogP contribution in [0.1, 0.15) is 28.5 Å². The minimum Gasteiger partial charge on any atom is -0.339 e. The van der Waals surface area contributed by atoms with E-state index in [0.29, 0.717) is 29.7 Å². The van der Waals surface area contributed by atoms with E-state index >= 15 is 0 Å². The minimum atomic E-state index is -3.53. The second-order valence-corrected chi connectivity index (χ2v) is 8.82. The van der Waals surface area contributed by atoms with E-state index in [1.54, 1.807) is 18.5 Å². The largest absolute Gasteiger partial charge is 0.339 e. The van der Waals surface area contributed by atoms with Gasteiger partial charge in [0.2, 0.25) is 21.7 Å². The van der Waals surface area contributed by atoms with E-state index in [2.05, 4.69) is 15.1 Å². The zero-order valence-electron chi connectivity index (χ0n) is 15.4. The van der Waals surface area contributed by atoms with Crippen LogP contribution in [0.15, 0.2) is 46.1 Å². The van der Waals surface area contributed by atoms with Crippen LogP contribution in [-0.4, -0.2) is 40.9 Å². The van der Waals surface area contributed by atoms with Crippen molar-refractivity contribution in [3.8, 4) is 11.4 Å². The van der Waals surface area contributed by atoms with Gasteiger partial charge >= 0.3 is 0 Å². The molecule has 1 aromatic carbocycles. The highest BCUT2D eigenvalue weighted by molar-refractivity contribution is 7.89. The van der Waals surface area contributed by atoms with Crippen LogP contribution >= 0.6 is 0 Å². The highest BCUT2D eigenvalue weighted by Crippen LogP contribution is 2.34. The van der Waals surface area contributed by atoms with Crippen LogP contribution in [0, 0.1) is 20.8 Å². The second-order valence-electron chi connectivity index (χ2n) is 6.94. The van der Waals surface area contributed by atoms with Gasteiger partial charge in [0, 0.05) is 31.0 Å². The second kappa shape index (κ2) is 6.54. The maximum absolute atomic E-state index is 13.0. The number of aromatic nitrogens is 3. The lowest BCUT2D eigenvalue weighted by molar-refractivity contribution is 0.216. The van der Waals surface area contributed by atoms with E-state index in [0.717, 1.165) is 22.3 Å². The fourth-order valence-corrected chi connectivity index (χ4v) is 5.45. The van der Waals surface area contributed by atoms with Gasteiger partial charge in [-0.2, -0.15) is 9.29 Å². The zero-order chi connectivity index (χ0) is 19.2. The number of hydrogen-bond acceptors (Lipinski definition) is 6. The van der Waals surface area contributed by atoms with Crippen molar-refractivity contribution in [2.75, 3.05) is 13.1 Å². The summed E-state index contributed by atoms with van der Waals surface area (Å²) in [4.78, 5) is 8.84. The average molecular weight is 384 g/mol. The average Bonchev–Trinajstić information content (AvgIpc) is 3.02. The Morgan fingerprint density at radius 3 is 2.48 bits per heavy atom. The number of hydrogen-bond donors (Lipinski definition) is 0. The molecular formula is C19H20N4O3S.